The van der Waals surface area contributed by atoms with Crippen molar-refractivity contribution < 1.29 is 17.9 Å². The van der Waals surface area contributed by atoms with E-state index in [2.05, 4.69) is 10.0 Å². The van der Waals surface area contributed by atoms with Crippen LogP contribution in [0.25, 0.3) is 0 Å². The van der Waals surface area contributed by atoms with E-state index < -0.39 is 10.0 Å². The van der Waals surface area contributed by atoms with Gasteiger partial charge in [0.25, 0.3) is 0 Å². The number of nitrogens with one attached hydrogen (secondary N) is 2. The first-order valence-electron chi connectivity index (χ1n) is 6.46. The molecule has 1 aromatic carbocycles. The van der Waals surface area contributed by atoms with Crippen LogP contribution in [0.4, 0.5) is 0 Å². The SMILES string of the molecule is COc1ccc(S(=O)(=O)NCCC(=O)NCCCCl)cc1. The lowest BCUT2D eigenvalue weighted by atomic mass is 10.3. The van der Waals surface area contributed by atoms with E-state index in [1.54, 1.807) is 12.1 Å². The third-order valence-electron chi connectivity index (χ3n) is 2.65. The highest BCUT2D eigenvalue weighted by atomic mass is 35.5. The van der Waals surface area contributed by atoms with E-state index in [1.165, 1.54) is 19.2 Å². The number of halogens is 1. The maximum absolute atomic E-state index is 12.0. The number of alkyl halides is 1. The summed E-state index contributed by atoms with van der Waals surface area (Å²) in [6.07, 6.45) is 0.766. The third-order valence-corrected chi connectivity index (χ3v) is 4.39. The molecule has 0 atom stereocenters. The van der Waals surface area contributed by atoms with Crippen LogP contribution in [0.2, 0.25) is 0 Å². The molecule has 0 heterocycles. The second kappa shape index (κ2) is 8.86. The molecule has 0 saturated carbocycles. The topological polar surface area (TPSA) is 84.5 Å². The molecule has 0 saturated heterocycles. The Kier molecular flexibility index (Phi) is 7.49. The van der Waals surface area contributed by atoms with Gasteiger partial charge in [0.15, 0.2) is 0 Å². The fraction of sp³-hybridized carbons (Fsp3) is 0.462. The van der Waals surface area contributed by atoms with Gasteiger partial charge in [0.05, 0.1) is 12.0 Å². The Balaban J connectivity index is 2.43. The number of methoxy groups -OCH3 is 1. The number of ether oxygens (including phenoxy) is 1. The Bertz CT molecular complexity index is 546. The molecule has 118 valence electrons. The predicted molar refractivity (Wildman–Crippen MR) is 81.1 cm³/mol. The lowest BCUT2D eigenvalue weighted by molar-refractivity contribution is -0.120. The zero-order valence-corrected chi connectivity index (χ0v) is 13.3. The van der Waals surface area contributed by atoms with Crippen molar-refractivity contribution in [3.05, 3.63) is 24.3 Å². The molecular weight excluding hydrogens is 316 g/mol. The van der Waals surface area contributed by atoms with Gasteiger partial charge < -0.3 is 10.1 Å². The van der Waals surface area contributed by atoms with Gasteiger partial charge in [0, 0.05) is 25.4 Å². The minimum absolute atomic E-state index is 0.0427. The van der Waals surface area contributed by atoms with Crippen molar-refractivity contribution in [1.29, 1.82) is 0 Å². The van der Waals surface area contributed by atoms with Crippen LogP contribution in [0.5, 0.6) is 5.75 Å². The van der Waals surface area contributed by atoms with E-state index in [0.717, 1.165) is 0 Å². The number of carbonyl (C=O) groups is 1. The molecule has 0 aliphatic carbocycles. The fourth-order valence-corrected chi connectivity index (χ4v) is 2.69. The van der Waals surface area contributed by atoms with Crippen LogP contribution in [0.3, 0.4) is 0 Å². The summed E-state index contributed by atoms with van der Waals surface area (Å²) in [5, 5.41) is 2.65. The van der Waals surface area contributed by atoms with E-state index >= 15 is 0 Å². The van der Waals surface area contributed by atoms with Crippen molar-refractivity contribution in [2.24, 2.45) is 0 Å². The highest BCUT2D eigenvalue weighted by molar-refractivity contribution is 7.89. The first-order valence-corrected chi connectivity index (χ1v) is 8.48. The van der Waals surface area contributed by atoms with Crippen LogP contribution < -0.4 is 14.8 Å². The monoisotopic (exact) mass is 334 g/mol. The van der Waals surface area contributed by atoms with E-state index in [1.807, 2.05) is 0 Å². The minimum atomic E-state index is -3.61. The first kappa shape index (κ1) is 17.7. The van der Waals surface area contributed by atoms with Gasteiger partial charge in [-0.25, -0.2) is 13.1 Å². The lowest BCUT2D eigenvalue weighted by Crippen LogP contribution is -2.31. The number of hydrogen-bond donors (Lipinski definition) is 2. The first-order chi connectivity index (χ1) is 9.99. The molecule has 0 spiro atoms. The number of sulfonamides is 1. The van der Waals surface area contributed by atoms with Crippen LogP contribution in [0.15, 0.2) is 29.2 Å². The van der Waals surface area contributed by atoms with E-state index in [0.29, 0.717) is 24.6 Å². The average molecular weight is 335 g/mol. The van der Waals surface area contributed by atoms with E-state index in [4.69, 9.17) is 16.3 Å². The fourth-order valence-electron chi connectivity index (χ4n) is 1.52. The van der Waals surface area contributed by atoms with Gasteiger partial charge in [0.1, 0.15) is 5.75 Å². The van der Waals surface area contributed by atoms with E-state index in [9.17, 15) is 13.2 Å². The Hall–Kier alpha value is -1.31. The second-order valence-electron chi connectivity index (χ2n) is 4.22. The van der Waals surface area contributed by atoms with Crippen LogP contribution in [0, 0.1) is 0 Å². The van der Waals surface area contributed by atoms with Gasteiger partial charge in [-0.3, -0.25) is 4.79 Å². The van der Waals surface area contributed by atoms with Gasteiger partial charge in [0.2, 0.25) is 15.9 Å². The molecule has 1 rings (SSSR count). The Morgan fingerprint density at radius 2 is 1.90 bits per heavy atom. The minimum Gasteiger partial charge on any atom is -0.497 e. The predicted octanol–water partition coefficient (Wildman–Crippen LogP) is 1.11. The Morgan fingerprint density at radius 3 is 2.48 bits per heavy atom. The molecule has 1 amide bonds. The molecule has 8 heteroatoms. The van der Waals surface area contributed by atoms with Crippen molar-refractivity contribution in [3.8, 4) is 5.75 Å². The number of carbonyl (C=O) groups excluding carboxylic acids is 1. The maximum Gasteiger partial charge on any atom is 0.240 e. The van der Waals surface area contributed by atoms with Gasteiger partial charge in [-0.15, -0.1) is 11.6 Å². The van der Waals surface area contributed by atoms with Crippen LogP contribution in [0.1, 0.15) is 12.8 Å². The van der Waals surface area contributed by atoms with Gasteiger partial charge >= 0.3 is 0 Å². The summed E-state index contributed by atoms with van der Waals surface area (Å²) in [5.74, 6) is 0.842. The molecule has 21 heavy (non-hydrogen) atoms. The standard InChI is InChI=1S/C13H19ClN2O4S/c1-20-11-3-5-12(6-4-11)21(18,19)16-10-7-13(17)15-9-2-8-14/h3-6,16H,2,7-10H2,1H3,(H,15,17). The van der Waals surface area contributed by atoms with Gasteiger partial charge in [-0.1, -0.05) is 0 Å². The van der Waals surface area contributed by atoms with Crippen molar-refractivity contribution in [1.82, 2.24) is 10.0 Å². The Morgan fingerprint density at radius 1 is 1.24 bits per heavy atom. The van der Waals surface area contributed by atoms with E-state index in [-0.39, 0.29) is 23.8 Å². The smallest absolute Gasteiger partial charge is 0.240 e. The second-order valence-corrected chi connectivity index (χ2v) is 6.36. The summed E-state index contributed by atoms with van der Waals surface area (Å²) >= 11 is 5.49. The number of amides is 1. The van der Waals surface area contributed by atoms with Crippen molar-refractivity contribution in [3.63, 3.8) is 0 Å². The number of benzene rings is 1. The van der Waals surface area contributed by atoms with Gasteiger partial charge in [-0.05, 0) is 30.7 Å². The summed E-state index contributed by atoms with van der Waals surface area (Å²) in [6, 6.07) is 6.02. The molecule has 2 N–H and O–H groups in total. The normalized spacial score (nSPS) is 11.1. The van der Waals surface area contributed by atoms with Crippen molar-refractivity contribution in [2.45, 2.75) is 17.7 Å². The zero-order valence-electron chi connectivity index (χ0n) is 11.8. The maximum atomic E-state index is 12.0. The molecule has 1 aromatic rings. The summed E-state index contributed by atoms with van der Waals surface area (Å²) in [4.78, 5) is 11.5. The molecule has 6 nitrogen and oxygen atoms in total. The summed E-state index contributed by atoms with van der Waals surface area (Å²) < 4.78 is 31.3. The van der Waals surface area contributed by atoms with Crippen LogP contribution in [-0.4, -0.2) is 40.4 Å². The quantitative estimate of drug-likeness (QED) is 0.523. The molecule has 0 unspecified atom stereocenters. The van der Waals surface area contributed by atoms with Crippen molar-refractivity contribution >= 4 is 27.5 Å². The molecular formula is C13H19ClN2O4S. The highest BCUT2D eigenvalue weighted by Gasteiger charge is 2.14. The van der Waals surface area contributed by atoms with Crippen molar-refractivity contribution in [2.75, 3.05) is 26.1 Å². The Labute approximate surface area is 129 Å². The van der Waals surface area contributed by atoms with Crippen LogP contribution >= 0.6 is 11.6 Å². The molecule has 0 aliphatic rings. The molecule has 0 aromatic heterocycles. The zero-order chi connectivity index (χ0) is 15.7. The largest absolute Gasteiger partial charge is 0.497 e. The molecule has 0 fully saturated rings. The highest BCUT2D eigenvalue weighted by Crippen LogP contribution is 2.15. The summed E-state index contributed by atoms with van der Waals surface area (Å²) in [5.41, 5.74) is 0. The molecule has 0 aliphatic heterocycles. The lowest BCUT2D eigenvalue weighted by Gasteiger charge is -2.08. The summed E-state index contributed by atoms with van der Waals surface area (Å²) in [7, 11) is -2.11. The van der Waals surface area contributed by atoms with Crippen LogP contribution in [-0.2, 0) is 14.8 Å². The third kappa shape index (κ3) is 6.33. The number of rotatable bonds is 9. The summed E-state index contributed by atoms with van der Waals surface area (Å²) in [6.45, 7) is 0.536. The molecule has 0 bridgehead atoms. The van der Waals surface area contributed by atoms with Gasteiger partial charge in [-0.2, -0.15) is 0 Å². The molecule has 0 radical (unpaired) electrons. The average Bonchev–Trinajstić information content (AvgIpc) is 2.47. The number of hydrogen-bond acceptors (Lipinski definition) is 4.